The molecule has 1 aliphatic rings. The number of benzene rings is 3. The predicted molar refractivity (Wildman–Crippen MR) is 114 cm³/mol. The zero-order chi connectivity index (χ0) is 21.3. The number of carbonyl (C=O) groups excluding carboxylic acids is 1. The Kier molecular flexibility index (Phi) is 5.29. The lowest BCUT2D eigenvalue weighted by Gasteiger charge is -2.17. The van der Waals surface area contributed by atoms with Gasteiger partial charge in [-0.2, -0.15) is 9.98 Å². The van der Waals surface area contributed by atoms with Crippen molar-refractivity contribution < 1.29 is 13.2 Å². The van der Waals surface area contributed by atoms with E-state index in [1.54, 1.807) is 41.3 Å². The van der Waals surface area contributed by atoms with E-state index in [-0.39, 0.29) is 10.8 Å². The van der Waals surface area contributed by atoms with Gasteiger partial charge in [-0.25, -0.2) is 8.42 Å². The molecule has 1 aliphatic heterocycles. The van der Waals surface area contributed by atoms with Gasteiger partial charge >= 0.3 is 0 Å². The molecular weight excluding hydrogens is 398 g/mol. The van der Waals surface area contributed by atoms with E-state index < -0.39 is 16.1 Å². The van der Waals surface area contributed by atoms with Gasteiger partial charge in [-0.15, -0.1) is 0 Å². The zero-order valence-corrected chi connectivity index (χ0v) is 17.3. The van der Waals surface area contributed by atoms with Gasteiger partial charge < -0.3 is 4.90 Å². The van der Waals surface area contributed by atoms with Gasteiger partial charge in [0.2, 0.25) is 15.9 Å². The van der Waals surface area contributed by atoms with Crippen LogP contribution >= 0.6 is 0 Å². The predicted octanol–water partition coefficient (Wildman–Crippen LogP) is 3.10. The Morgan fingerprint density at radius 2 is 1.90 bits per heavy atom. The first-order chi connectivity index (χ1) is 14.4. The molecule has 1 saturated heterocycles. The molecule has 1 heterocycles. The van der Waals surface area contributed by atoms with Crippen LogP contribution in [-0.2, 0) is 21.4 Å². The van der Waals surface area contributed by atoms with Crippen molar-refractivity contribution in [2.24, 2.45) is 0 Å². The van der Waals surface area contributed by atoms with E-state index in [2.05, 4.69) is 10.8 Å². The van der Waals surface area contributed by atoms with Gasteiger partial charge in [0.1, 0.15) is 6.04 Å². The molecule has 4 rings (SSSR count). The Labute approximate surface area is 175 Å². The summed E-state index contributed by atoms with van der Waals surface area (Å²) in [6.45, 7) is 2.76. The van der Waals surface area contributed by atoms with Gasteiger partial charge in [0.15, 0.2) is 0 Å². The smallest absolute Gasteiger partial charge is 0.241 e. The molecular formula is C23H21N3O3S. The lowest BCUT2D eigenvalue weighted by atomic mass is 10.1. The van der Waals surface area contributed by atoms with Crippen LogP contribution in [0.2, 0.25) is 0 Å². The average molecular weight is 420 g/mol. The molecule has 1 N–H and O–H groups in total. The van der Waals surface area contributed by atoms with Crippen LogP contribution in [0.15, 0.2) is 65.6 Å². The normalized spacial score (nSPS) is 16.7. The van der Waals surface area contributed by atoms with Gasteiger partial charge in [0.25, 0.3) is 0 Å². The van der Waals surface area contributed by atoms with Crippen molar-refractivity contribution >= 4 is 26.7 Å². The third-order valence-electron chi connectivity index (χ3n) is 5.30. The minimum absolute atomic E-state index is 0.147. The van der Waals surface area contributed by atoms with Gasteiger partial charge in [-0.3, -0.25) is 4.79 Å². The molecule has 1 amide bonds. The molecule has 1 atom stereocenters. The Hall–Kier alpha value is -3.21. The van der Waals surface area contributed by atoms with Crippen LogP contribution in [0.1, 0.15) is 23.1 Å². The van der Waals surface area contributed by atoms with Crippen molar-refractivity contribution in [2.75, 3.05) is 6.54 Å². The van der Waals surface area contributed by atoms with Crippen LogP contribution < -0.4 is 4.72 Å². The number of nitriles is 1. The summed E-state index contributed by atoms with van der Waals surface area (Å²) >= 11 is 0. The Bertz CT molecular complexity index is 1280. The summed E-state index contributed by atoms with van der Waals surface area (Å²) in [6.07, 6.45) is 0.405. The van der Waals surface area contributed by atoms with E-state index in [0.717, 1.165) is 21.9 Å². The lowest BCUT2D eigenvalue weighted by Crippen LogP contribution is -2.41. The highest BCUT2D eigenvalue weighted by atomic mass is 32.2. The number of aryl methyl sites for hydroxylation is 1. The van der Waals surface area contributed by atoms with Crippen LogP contribution in [0.3, 0.4) is 0 Å². The summed E-state index contributed by atoms with van der Waals surface area (Å²) in [5, 5.41) is 10.8. The van der Waals surface area contributed by atoms with Crippen LogP contribution in [0.5, 0.6) is 0 Å². The first kappa shape index (κ1) is 20.1. The minimum atomic E-state index is -3.83. The first-order valence-corrected chi connectivity index (χ1v) is 11.1. The molecule has 152 valence electrons. The summed E-state index contributed by atoms with van der Waals surface area (Å²) in [4.78, 5) is 14.5. The molecule has 30 heavy (non-hydrogen) atoms. The molecule has 1 fully saturated rings. The molecule has 0 spiro atoms. The Morgan fingerprint density at radius 1 is 1.10 bits per heavy atom. The summed E-state index contributed by atoms with van der Waals surface area (Å²) in [6, 6.07) is 19.2. The van der Waals surface area contributed by atoms with Crippen LogP contribution in [-0.4, -0.2) is 31.8 Å². The molecule has 0 aromatic heterocycles. The van der Waals surface area contributed by atoms with Gasteiger partial charge in [-0.05, 0) is 53.9 Å². The SMILES string of the molecule is Cc1ccc2ccc(S(=O)(=O)N[C@H]3CCN(Cc4cccc(C#N)c4)C3=O)cc2c1. The quantitative estimate of drug-likeness (QED) is 0.688. The summed E-state index contributed by atoms with van der Waals surface area (Å²) in [5.41, 5.74) is 2.42. The van der Waals surface area contributed by atoms with Crippen molar-refractivity contribution in [3.05, 3.63) is 77.4 Å². The number of fused-ring (bicyclic) bond motifs is 1. The number of nitrogens with zero attached hydrogens (tertiary/aromatic N) is 2. The van der Waals surface area contributed by atoms with Crippen molar-refractivity contribution in [1.29, 1.82) is 5.26 Å². The fraction of sp³-hybridized carbons (Fsp3) is 0.217. The first-order valence-electron chi connectivity index (χ1n) is 9.66. The molecule has 0 aliphatic carbocycles. The van der Waals surface area contributed by atoms with Crippen LogP contribution in [0, 0.1) is 18.3 Å². The number of sulfonamides is 1. The minimum Gasteiger partial charge on any atom is -0.337 e. The van der Waals surface area contributed by atoms with E-state index in [1.165, 1.54) is 0 Å². The number of carbonyl (C=O) groups is 1. The summed E-state index contributed by atoms with van der Waals surface area (Å²) in [7, 11) is -3.83. The van der Waals surface area contributed by atoms with E-state index in [1.807, 2.05) is 31.2 Å². The fourth-order valence-electron chi connectivity index (χ4n) is 3.73. The Morgan fingerprint density at radius 3 is 2.70 bits per heavy atom. The lowest BCUT2D eigenvalue weighted by molar-refractivity contribution is -0.129. The highest BCUT2D eigenvalue weighted by Gasteiger charge is 2.34. The maximum atomic E-state index is 12.9. The number of hydrogen-bond acceptors (Lipinski definition) is 4. The maximum absolute atomic E-state index is 12.9. The van der Waals surface area contributed by atoms with Gasteiger partial charge in [0.05, 0.1) is 16.5 Å². The number of rotatable bonds is 5. The zero-order valence-electron chi connectivity index (χ0n) is 16.5. The molecule has 3 aromatic rings. The van der Waals surface area contributed by atoms with E-state index in [0.29, 0.717) is 25.1 Å². The standard InChI is InChI=1S/C23H21N3O3S/c1-16-5-6-19-7-8-21(13-20(19)11-16)30(28,29)25-22-9-10-26(23(22)27)15-18-4-2-3-17(12-18)14-24/h2-8,11-13,22,25H,9-10,15H2,1H3/t22-/m0/s1. The average Bonchev–Trinajstić information content (AvgIpc) is 3.06. The second-order valence-electron chi connectivity index (χ2n) is 7.55. The van der Waals surface area contributed by atoms with Crippen molar-refractivity contribution in [1.82, 2.24) is 9.62 Å². The molecule has 0 bridgehead atoms. The van der Waals surface area contributed by atoms with Crippen molar-refractivity contribution in [2.45, 2.75) is 30.8 Å². The number of nitrogens with one attached hydrogen (secondary N) is 1. The largest absolute Gasteiger partial charge is 0.337 e. The highest BCUT2D eigenvalue weighted by Crippen LogP contribution is 2.22. The van der Waals surface area contributed by atoms with Gasteiger partial charge in [-0.1, -0.05) is 42.0 Å². The monoisotopic (exact) mass is 419 g/mol. The van der Waals surface area contributed by atoms with Crippen molar-refractivity contribution in [3.63, 3.8) is 0 Å². The van der Waals surface area contributed by atoms with Crippen molar-refractivity contribution in [3.8, 4) is 6.07 Å². The number of hydrogen-bond donors (Lipinski definition) is 1. The molecule has 3 aromatic carbocycles. The second kappa shape index (κ2) is 7.90. The van der Waals surface area contributed by atoms with Crippen LogP contribution in [0.25, 0.3) is 10.8 Å². The molecule has 0 saturated carbocycles. The van der Waals surface area contributed by atoms with E-state index >= 15 is 0 Å². The van der Waals surface area contributed by atoms with Gasteiger partial charge in [0, 0.05) is 13.1 Å². The topological polar surface area (TPSA) is 90.3 Å². The number of likely N-dealkylation sites (tertiary alicyclic amines) is 1. The fourth-order valence-corrected chi connectivity index (χ4v) is 4.99. The molecule has 6 nitrogen and oxygen atoms in total. The molecule has 7 heteroatoms. The Balaban J connectivity index is 1.50. The maximum Gasteiger partial charge on any atom is 0.241 e. The number of amides is 1. The second-order valence-corrected chi connectivity index (χ2v) is 9.26. The molecule has 0 radical (unpaired) electrons. The highest BCUT2D eigenvalue weighted by molar-refractivity contribution is 7.89. The third kappa shape index (κ3) is 4.06. The van der Waals surface area contributed by atoms with E-state index in [4.69, 9.17) is 5.26 Å². The van der Waals surface area contributed by atoms with E-state index in [9.17, 15) is 13.2 Å². The summed E-state index contributed by atoms with van der Waals surface area (Å²) < 4.78 is 28.4. The molecule has 0 unspecified atom stereocenters. The third-order valence-corrected chi connectivity index (χ3v) is 6.77. The van der Waals surface area contributed by atoms with Crippen LogP contribution in [0.4, 0.5) is 0 Å². The summed E-state index contributed by atoms with van der Waals surface area (Å²) in [5.74, 6) is -0.252.